The first-order valence-electron chi connectivity index (χ1n) is 51.9. The van der Waals surface area contributed by atoms with E-state index in [1.54, 1.807) is 0 Å². The highest BCUT2D eigenvalue weighted by atomic mass is 16.5. The second kappa shape index (κ2) is 63.1. The third-order valence-electron chi connectivity index (χ3n) is 24.6. The quantitative estimate of drug-likeness (QED) is 0.0277. The monoisotopic (exact) mass is 1770 g/mol. The fourth-order valence-corrected chi connectivity index (χ4v) is 16.1. The molecule has 0 aliphatic heterocycles. The van der Waals surface area contributed by atoms with Crippen LogP contribution < -0.4 is 47.4 Å². The van der Waals surface area contributed by atoms with Crippen LogP contribution in [-0.2, 0) is 32.1 Å². The summed E-state index contributed by atoms with van der Waals surface area (Å²) in [7, 11) is 33.7. The zero-order chi connectivity index (χ0) is 92.6. The van der Waals surface area contributed by atoms with Crippen LogP contribution >= 0.6 is 0 Å². The average molecular weight is 1770 g/mol. The van der Waals surface area contributed by atoms with Gasteiger partial charge in [0.25, 0.3) is 0 Å². The second-order valence-electron chi connectivity index (χ2n) is 42.5. The van der Waals surface area contributed by atoms with Gasteiger partial charge in [-0.05, 0) is 117 Å². The Balaban J connectivity index is 1.82. The smallest absolute Gasteiger partial charge is 0.137 e. The first-order chi connectivity index (χ1) is 60.8. The molecule has 0 radical (unpaired) electrons. The predicted octanol–water partition coefficient (Wildman–Crippen LogP) is 26.9. The molecule has 5 rings (SSSR count). The summed E-state index contributed by atoms with van der Waals surface area (Å²) < 4.78 is 75.4. The van der Waals surface area contributed by atoms with Crippen molar-refractivity contribution < 1.29 is 69.8 Å². The molecule has 0 aromatic heterocycles. The summed E-state index contributed by atoms with van der Waals surface area (Å²) in [5.74, 6) is 8.82. The van der Waals surface area contributed by atoms with Gasteiger partial charge in [0, 0.05) is 70.2 Å². The van der Waals surface area contributed by atoms with Crippen LogP contribution in [0.15, 0.2) is 60.7 Å². The molecular formula is C112H196N5O10+5. The number of aryl methyl sites for hydroxylation is 2. The molecule has 0 unspecified atom stereocenters. The van der Waals surface area contributed by atoms with Gasteiger partial charge in [-0.3, -0.25) is 0 Å². The molecule has 0 saturated carbocycles. The van der Waals surface area contributed by atoms with Crippen molar-refractivity contribution in [1.82, 2.24) is 0 Å². The van der Waals surface area contributed by atoms with Crippen molar-refractivity contribution >= 4 is 0 Å². The van der Waals surface area contributed by atoms with Crippen molar-refractivity contribution in [2.75, 3.05) is 205 Å². The summed E-state index contributed by atoms with van der Waals surface area (Å²) in [6.45, 7) is 26.1. The van der Waals surface area contributed by atoms with E-state index in [0.29, 0.717) is 91.8 Å². The maximum atomic E-state index is 7.39. The van der Waals surface area contributed by atoms with Crippen LogP contribution in [-0.4, -0.2) is 227 Å². The molecule has 5 aromatic carbocycles. The number of ether oxygens (including phenoxy) is 10. The Kier molecular flexibility index (Phi) is 55.4. The van der Waals surface area contributed by atoms with Crippen LogP contribution in [0.25, 0.3) is 0 Å². The van der Waals surface area contributed by atoms with Crippen molar-refractivity contribution in [2.24, 2.45) is 0 Å². The lowest BCUT2D eigenvalue weighted by Gasteiger charge is -2.26. The van der Waals surface area contributed by atoms with E-state index in [1.165, 1.54) is 205 Å². The average Bonchev–Trinajstić information content (AvgIpc) is 0.787. The molecule has 0 saturated heterocycles. The number of benzene rings is 5. The van der Waals surface area contributed by atoms with Gasteiger partial charge < -0.3 is 69.8 Å². The molecule has 0 amide bonds. The topological polar surface area (TPSA) is 92.3 Å². The minimum atomic E-state index is 0.520. The van der Waals surface area contributed by atoms with Crippen molar-refractivity contribution in [3.63, 3.8) is 0 Å². The zero-order valence-corrected chi connectivity index (χ0v) is 86.5. The summed E-state index contributed by atoms with van der Waals surface area (Å²) in [5.41, 5.74) is 10.8. The van der Waals surface area contributed by atoms with Gasteiger partial charge in [-0.15, -0.1) is 0 Å². The summed E-state index contributed by atoms with van der Waals surface area (Å²) in [5, 5.41) is 0. The fraction of sp³-hybridized carbons (Fsp3) is 0.732. The van der Waals surface area contributed by atoms with E-state index in [4.69, 9.17) is 47.4 Å². The number of hydrogen-bond acceptors (Lipinski definition) is 10. The van der Waals surface area contributed by atoms with E-state index in [0.717, 1.165) is 227 Å². The molecule has 0 spiro atoms. The van der Waals surface area contributed by atoms with Gasteiger partial charge in [-0.1, -0.05) is 266 Å². The number of unbranched alkanes of at least 4 members (excludes halogenated alkanes) is 35. The van der Waals surface area contributed by atoms with Crippen molar-refractivity contribution in [3.05, 3.63) is 116 Å². The molecule has 0 bridgehead atoms. The molecule has 15 nitrogen and oxygen atoms in total. The minimum absolute atomic E-state index is 0.520. The summed E-state index contributed by atoms with van der Waals surface area (Å²) >= 11 is 0. The van der Waals surface area contributed by atoms with Gasteiger partial charge in [0.1, 0.15) is 123 Å². The third kappa shape index (κ3) is 50.4. The van der Waals surface area contributed by atoms with Gasteiger partial charge in [0.05, 0.1) is 139 Å². The van der Waals surface area contributed by atoms with Crippen LogP contribution in [0.1, 0.15) is 354 Å². The molecule has 5 aromatic rings. The molecule has 0 atom stereocenters. The normalized spacial score (nSPS) is 12.2. The third-order valence-corrected chi connectivity index (χ3v) is 24.6. The molecule has 724 valence electrons. The highest BCUT2D eigenvalue weighted by molar-refractivity contribution is 5.58. The Morgan fingerprint density at radius 2 is 0.307 bits per heavy atom. The van der Waals surface area contributed by atoms with Crippen LogP contribution in [0.2, 0.25) is 0 Å². The molecule has 127 heavy (non-hydrogen) atoms. The minimum Gasteiger partial charge on any atom is -0.493 e. The van der Waals surface area contributed by atoms with E-state index >= 15 is 0 Å². The number of nitrogens with zero attached hydrogens (tertiary/aromatic N) is 5. The molecule has 0 N–H and O–H groups in total. The molecular weight excluding hydrogens is 1580 g/mol. The lowest BCUT2D eigenvalue weighted by Crippen LogP contribution is -2.38. The van der Waals surface area contributed by atoms with Crippen molar-refractivity contribution in [3.8, 4) is 57.5 Å². The Labute approximate surface area is 781 Å². The van der Waals surface area contributed by atoms with Crippen LogP contribution in [0.5, 0.6) is 57.5 Å². The molecule has 0 aliphatic rings. The van der Waals surface area contributed by atoms with Crippen molar-refractivity contribution in [2.45, 2.75) is 337 Å². The molecule has 15 heteroatoms. The highest BCUT2D eigenvalue weighted by Gasteiger charge is 2.26. The predicted molar refractivity (Wildman–Crippen MR) is 540 cm³/mol. The van der Waals surface area contributed by atoms with Crippen LogP contribution in [0, 0.1) is 6.92 Å². The van der Waals surface area contributed by atoms with Gasteiger partial charge in [-0.25, -0.2) is 0 Å². The molecule has 0 aliphatic carbocycles. The second-order valence-corrected chi connectivity index (χ2v) is 42.5. The molecule has 0 heterocycles. The zero-order valence-electron chi connectivity index (χ0n) is 86.5. The first kappa shape index (κ1) is 111. The van der Waals surface area contributed by atoms with E-state index in [9.17, 15) is 0 Å². The Morgan fingerprint density at radius 1 is 0.165 bits per heavy atom. The largest absolute Gasteiger partial charge is 0.493 e. The Hall–Kier alpha value is -6.10. The summed E-state index contributed by atoms with van der Waals surface area (Å²) in [4.78, 5) is 0. The Morgan fingerprint density at radius 3 is 0.488 bits per heavy atom. The maximum absolute atomic E-state index is 7.39. The van der Waals surface area contributed by atoms with Gasteiger partial charge in [0.15, 0.2) is 0 Å². The van der Waals surface area contributed by atoms with E-state index in [1.807, 2.05) is 0 Å². The van der Waals surface area contributed by atoms with E-state index in [2.05, 4.69) is 215 Å². The standard InChI is InChI=1S/C112H196N5O10/c1-23-29-34-39-44-49-54-59-69-118-103-85-95(104(79-93(103)7)123-74-64-113(8,9)10)80-97-90-110(125-76-66-115(14,15)16)101(88-107(97)120-71-61-56-51-46-41-36-31-25-3)82-99-92-112(127-78-68-117(20,21)22)102(89-109(99)122-73-63-58-53-48-43-38-33-27-5)83-98-91-111(126-77-67-116(17,18)19)100(87-108(98)121-72-62-57-52-47-42-37-32-26-4)81-96-86-105(124-75-65-114(11,12)13)94(28-6)84-106(96)119-70-60-55-50-45-40-35-30-24-2/h79,84-92H,23-78,80-83H2,1-22H3/q+5. The number of hydrogen-bond donors (Lipinski definition) is 0. The van der Waals surface area contributed by atoms with Gasteiger partial charge in [-0.2, -0.15) is 0 Å². The lowest BCUT2D eigenvalue weighted by molar-refractivity contribution is -0.870. The van der Waals surface area contributed by atoms with Gasteiger partial charge in [0.2, 0.25) is 0 Å². The SMILES string of the molecule is CCCCCCCCCCOc1cc(Cc2cc(OCC[N+](C)(C)C)c(Cc3cc(OCC[N+](C)(C)C)c(Cc4cc(OCC[N+](C)(C)C)c(Cc5cc(OCC[N+](C)(C)C)c(CC)cc5OCCCCCCCCCC)cc4OCCCCCCCCCC)cc3OCCCCCCCCCC)cc2OCCCCCCCCCC)c(OCC[N+](C)(C)C)cc1C. The highest BCUT2D eigenvalue weighted by Crippen LogP contribution is 2.43. The Bertz CT molecular complexity index is 3710. The number of likely N-dealkylation sites (N-methyl/N-ethyl adjacent to an activating group) is 5. The van der Waals surface area contributed by atoms with Crippen LogP contribution in [0.4, 0.5) is 0 Å². The maximum Gasteiger partial charge on any atom is 0.137 e. The van der Waals surface area contributed by atoms with E-state index < -0.39 is 0 Å². The number of quaternary nitrogens is 5. The van der Waals surface area contributed by atoms with Gasteiger partial charge >= 0.3 is 0 Å². The molecule has 0 fully saturated rings. The lowest BCUT2D eigenvalue weighted by atomic mass is 9.94. The van der Waals surface area contributed by atoms with Crippen molar-refractivity contribution in [1.29, 1.82) is 0 Å². The first-order valence-corrected chi connectivity index (χ1v) is 51.9. The van der Waals surface area contributed by atoms with E-state index in [-0.39, 0.29) is 0 Å². The number of rotatable bonds is 79. The summed E-state index contributed by atoms with van der Waals surface area (Å²) in [6.07, 6.45) is 52.1. The summed E-state index contributed by atoms with van der Waals surface area (Å²) in [6, 6.07) is 23.0. The van der Waals surface area contributed by atoms with Crippen LogP contribution in [0.3, 0.4) is 0 Å². The fourth-order valence-electron chi connectivity index (χ4n) is 16.1.